The van der Waals surface area contributed by atoms with Crippen molar-refractivity contribution in [2.45, 2.75) is 25.7 Å². The second-order valence-corrected chi connectivity index (χ2v) is 10.9. The van der Waals surface area contributed by atoms with E-state index in [2.05, 4.69) is 36.7 Å². The third-order valence-corrected chi connectivity index (χ3v) is 4.59. The van der Waals surface area contributed by atoms with Crippen LogP contribution in [0.1, 0.15) is 0 Å². The lowest BCUT2D eigenvalue weighted by atomic mass is 10.8. The molecule has 0 amide bonds. The highest BCUT2D eigenvalue weighted by atomic mass is 32.2. The summed E-state index contributed by atoms with van der Waals surface area (Å²) in [5, 5.41) is 3.16. The minimum absolute atomic E-state index is 0.759. The third-order valence-electron chi connectivity index (χ3n) is 1.49. The zero-order valence-electron chi connectivity index (χ0n) is 8.24. The number of hydrogen-bond donors (Lipinski definition) is 1. The second-order valence-electron chi connectivity index (χ2n) is 4.03. The molecule has 0 aliphatic heterocycles. The van der Waals surface area contributed by atoms with E-state index in [1.807, 2.05) is 7.05 Å². The van der Waals surface area contributed by atoms with E-state index in [9.17, 15) is 0 Å². The van der Waals surface area contributed by atoms with E-state index in [1.165, 1.54) is 17.5 Å². The van der Waals surface area contributed by atoms with Crippen molar-refractivity contribution in [1.82, 2.24) is 5.32 Å². The molecule has 0 aromatic rings. The molecule has 68 valence electrons. The summed E-state index contributed by atoms with van der Waals surface area (Å²) in [5.74, 6) is 2.62. The summed E-state index contributed by atoms with van der Waals surface area (Å²) < 4.78 is 0. The van der Waals surface area contributed by atoms with Crippen LogP contribution in [0.4, 0.5) is 0 Å². The first-order chi connectivity index (χ1) is 5.06. The molecule has 0 rings (SSSR count). The van der Waals surface area contributed by atoms with E-state index < -0.39 is 8.07 Å². The summed E-state index contributed by atoms with van der Waals surface area (Å²) in [6.07, 6.45) is 0. The highest BCUT2D eigenvalue weighted by Crippen LogP contribution is 2.12. The Morgan fingerprint density at radius 3 is 2.27 bits per heavy atom. The number of nitrogens with one attached hydrogen (secondary N) is 1. The van der Waals surface area contributed by atoms with Gasteiger partial charge in [0.05, 0.1) is 0 Å². The molecule has 11 heavy (non-hydrogen) atoms. The minimum Gasteiger partial charge on any atom is -0.319 e. The van der Waals surface area contributed by atoms with Crippen molar-refractivity contribution < 1.29 is 0 Å². The van der Waals surface area contributed by atoms with Gasteiger partial charge in [-0.15, -0.1) is 0 Å². The Labute approximate surface area is 76.3 Å². The van der Waals surface area contributed by atoms with E-state index in [0.717, 1.165) is 6.54 Å². The van der Waals surface area contributed by atoms with Crippen LogP contribution in [0.2, 0.25) is 25.7 Å². The van der Waals surface area contributed by atoms with Crippen molar-refractivity contribution in [1.29, 1.82) is 0 Å². The molecule has 0 fully saturated rings. The van der Waals surface area contributed by atoms with Gasteiger partial charge < -0.3 is 5.32 Å². The molecule has 0 aromatic carbocycles. The molecule has 0 heterocycles. The first-order valence-electron chi connectivity index (χ1n) is 4.28. The lowest BCUT2D eigenvalue weighted by molar-refractivity contribution is 0.872. The predicted molar refractivity (Wildman–Crippen MR) is 59.4 cm³/mol. The van der Waals surface area contributed by atoms with Gasteiger partial charge in [-0.05, 0) is 18.8 Å². The Morgan fingerprint density at radius 2 is 1.82 bits per heavy atom. The fourth-order valence-electron chi connectivity index (χ4n) is 0.655. The molecule has 0 aliphatic carbocycles. The zero-order chi connectivity index (χ0) is 8.74. The maximum absolute atomic E-state index is 3.16. The average Bonchev–Trinajstić information content (AvgIpc) is 1.85. The molecule has 0 saturated carbocycles. The first kappa shape index (κ1) is 11.5. The topological polar surface area (TPSA) is 12.0 Å². The molecule has 0 spiro atoms. The lowest BCUT2D eigenvalue weighted by Gasteiger charge is -2.14. The molecule has 1 N–H and O–H groups in total. The Balaban J connectivity index is 3.02. The van der Waals surface area contributed by atoms with Gasteiger partial charge >= 0.3 is 0 Å². The van der Waals surface area contributed by atoms with E-state index in [-0.39, 0.29) is 0 Å². The summed E-state index contributed by atoms with van der Waals surface area (Å²) in [4.78, 5) is 0. The summed E-state index contributed by atoms with van der Waals surface area (Å²) in [5.41, 5.74) is 0. The molecule has 0 atom stereocenters. The van der Waals surface area contributed by atoms with Crippen LogP contribution in [0.25, 0.3) is 0 Å². The van der Waals surface area contributed by atoms with Gasteiger partial charge in [-0.2, -0.15) is 11.8 Å². The monoisotopic (exact) mass is 191 g/mol. The summed E-state index contributed by atoms with van der Waals surface area (Å²) >= 11 is 2.08. The average molecular weight is 191 g/mol. The number of hydrogen-bond acceptors (Lipinski definition) is 2. The molecule has 0 aromatic heterocycles. The Morgan fingerprint density at radius 1 is 1.18 bits per heavy atom. The molecule has 0 saturated heterocycles. The van der Waals surface area contributed by atoms with E-state index in [4.69, 9.17) is 0 Å². The van der Waals surface area contributed by atoms with Gasteiger partial charge in [0.2, 0.25) is 0 Å². The van der Waals surface area contributed by atoms with Crippen molar-refractivity contribution in [2.75, 3.05) is 25.1 Å². The molecule has 0 unspecified atom stereocenters. The van der Waals surface area contributed by atoms with Crippen molar-refractivity contribution in [3.05, 3.63) is 0 Å². The van der Waals surface area contributed by atoms with Gasteiger partial charge in [-0.3, -0.25) is 0 Å². The van der Waals surface area contributed by atoms with Crippen molar-refractivity contribution in [3.8, 4) is 0 Å². The van der Waals surface area contributed by atoms with Gasteiger partial charge in [0, 0.05) is 20.4 Å². The molecule has 3 heteroatoms. The third kappa shape index (κ3) is 10.5. The Hall–Kier alpha value is 0.527. The van der Waals surface area contributed by atoms with Gasteiger partial charge in [0.1, 0.15) is 0 Å². The minimum atomic E-state index is -0.759. The van der Waals surface area contributed by atoms with Crippen LogP contribution in [-0.4, -0.2) is 33.2 Å². The maximum Gasteiger partial charge on any atom is 0.0450 e. The highest BCUT2D eigenvalue weighted by Gasteiger charge is 2.11. The molecule has 0 radical (unpaired) electrons. The smallest absolute Gasteiger partial charge is 0.0450 e. The predicted octanol–water partition coefficient (Wildman–Crippen LogP) is 2.28. The fraction of sp³-hybridized carbons (Fsp3) is 1.00. The van der Waals surface area contributed by atoms with Gasteiger partial charge in [0.15, 0.2) is 0 Å². The SMILES string of the molecule is CNCCSCC[Si](C)(C)C. The molecule has 1 nitrogen and oxygen atoms in total. The van der Waals surface area contributed by atoms with Crippen LogP contribution in [0.15, 0.2) is 0 Å². The Kier molecular flexibility index (Phi) is 6.38. The van der Waals surface area contributed by atoms with Crippen molar-refractivity contribution in [2.24, 2.45) is 0 Å². The molecular weight excluding hydrogens is 170 g/mol. The normalized spacial score (nSPS) is 12.0. The standard InChI is InChI=1S/C8H21NSSi/c1-9-5-6-10-7-8-11(2,3)4/h9H,5-8H2,1-4H3. The summed E-state index contributed by atoms with van der Waals surface area (Å²) in [7, 11) is 1.25. The largest absolute Gasteiger partial charge is 0.319 e. The van der Waals surface area contributed by atoms with Gasteiger partial charge in [0.25, 0.3) is 0 Å². The van der Waals surface area contributed by atoms with Crippen molar-refractivity contribution >= 4 is 19.8 Å². The van der Waals surface area contributed by atoms with Crippen LogP contribution in [0.5, 0.6) is 0 Å². The number of rotatable bonds is 6. The highest BCUT2D eigenvalue weighted by molar-refractivity contribution is 7.99. The Bertz CT molecular complexity index is 90.6. The fourth-order valence-corrected chi connectivity index (χ4v) is 4.23. The zero-order valence-corrected chi connectivity index (χ0v) is 10.1. The van der Waals surface area contributed by atoms with E-state index >= 15 is 0 Å². The van der Waals surface area contributed by atoms with E-state index in [0.29, 0.717) is 0 Å². The summed E-state index contributed by atoms with van der Waals surface area (Å²) in [6, 6.07) is 1.46. The summed E-state index contributed by atoms with van der Waals surface area (Å²) in [6.45, 7) is 8.46. The van der Waals surface area contributed by atoms with Crippen LogP contribution in [0.3, 0.4) is 0 Å². The van der Waals surface area contributed by atoms with E-state index in [1.54, 1.807) is 0 Å². The maximum atomic E-state index is 3.16. The molecule has 0 bridgehead atoms. The quantitative estimate of drug-likeness (QED) is 0.511. The lowest BCUT2D eigenvalue weighted by Crippen LogP contribution is -2.20. The first-order valence-corrected chi connectivity index (χ1v) is 9.15. The molecular formula is C8H21NSSi. The van der Waals surface area contributed by atoms with Crippen LogP contribution < -0.4 is 5.32 Å². The number of thioether (sulfide) groups is 1. The van der Waals surface area contributed by atoms with Crippen molar-refractivity contribution in [3.63, 3.8) is 0 Å². The van der Waals surface area contributed by atoms with Crippen LogP contribution in [-0.2, 0) is 0 Å². The molecule has 0 aliphatic rings. The van der Waals surface area contributed by atoms with Gasteiger partial charge in [-0.25, -0.2) is 0 Å². The van der Waals surface area contributed by atoms with Crippen LogP contribution >= 0.6 is 11.8 Å². The van der Waals surface area contributed by atoms with Crippen LogP contribution in [0, 0.1) is 0 Å². The second kappa shape index (κ2) is 6.09. The van der Waals surface area contributed by atoms with Gasteiger partial charge in [-0.1, -0.05) is 19.6 Å².